The van der Waals surface area contributed by atoms with E-state index in [1.54, 1.807) is 6.92 Å². The minimum atomic E-state index is -0.990. The topological polar surface area (TPSA) is 73.5 Å². The van der Waals surface area contributed by atoms with Crippen LogP contribution in [-0.4, -0.2) is 55.0 Å². The molecule has 0 radical (unpaired) electrons. The van der Waals surface area contributed by atoms with Crippen molar-refractivity contribution in [2.75, 3.05) is 31.5 Å². The largest absolute Gasteiger partial charge is 0.354 e. The van der Waals surface area contributed by atoms with Crippen molar-refractivity contribution in [3.8, 4) is 0 Å². The Bertz CT molecular complexity index is 709. The van der Waals surface area contributed by atoms with Crippen LogP contribution in [0.4, 0.5) is 14.5 Å². The third-order valence-electron chi connectivity index (χ3n) is 5.61. The average molecular weight is 394 g/mol. The second-order valence-corrected chi connectivity index (χ2v) is 7.69. The minimum Gasteiger partial charge on any atom is -0.354 e. The Hall–Kier alpha value is -2.06. The number of carbonyl (C=O) groups is 2. The van der Waals surface area contributed by atoms with Crippen molar-refractivity contribution in [3.63, 3.8) is 0 Å². The highest BCUT2D eigenvalue weighted by Crippen LogP contribution is 2.20. The zero-order chi connectivity index (χ0) is 20.1. The molecule has 3 unspecified atom stereocenters. The van der Waals surface area contributed by atoms with Crippen molar-refractivity contribution in [1.29, 1.82) is 0 Å². The van der Waals surface area contributed by atoms with Gasteiger partial charge < -0.3 is 16.0 Å². The molecule has 8 heteroatoms. The molecule has 0 bridgehead atoms. The summed E-state index contributed by atoms with van der Waals surface area (Å²) < 4.78 is 26.3. The van der Waals surface area contributed by atoms with Crippen LogP contribution < -0.4 is 16.0 Å². The molecule has 2 heterocycles. The number of nitrogens with one attached hydrogen (secondary N) is 3. The number of nitrogens with zero attached hydrogens (tertiary/aromatic N) is 1. The number of hydrogen-bond acceptors (Lipinski definition) is 4. The molecule has 2 aliphatic heterocycles. The summed E-state index contributed by atoms with van der Waals surface area (Å²) in [5, 5.41) is 8.86. The summed E-state index contributed by atoms with van der Waals surface area (Å²) in [5.74, 6) is -1.85. The maximum Gasteiger partial charge on any atom is 0.241 e. The lowest BCUT2D eigenvalue weighted by Gasteiger charge is -2.36. The number of hydrogen-bond donors (Lipinski definition) is 3. The first-order valence-electron chi connectivity index (χ1n) is 9.95. The minimum absolute atomic E-state index is 0.0544. The van der Waals surface area contributed by atoms with Crippen LogP contribution in [0.15, 0.2) is 18.2 Å². The van der Waals surface area contributed by atoms with Gasteiger partial charge in [-0.2, -0.15) is 0 Å². The van der Waals surface area contributed by atoms with Gasteiger partial charge in [0.05, 0.1) is 12.1 Å². The second kappa shape index (κ2) is 9.43. The van der Waals surface area contributed by atoms with E-state index in [1.807, 2.05) is 0 Å². The van der Waals surface area contributed by atoms with E-state index in [0.29, 0.717) is 13.1 Å². The Morgan fingerprint density at radius 2 is 2.07 bits per heavy atom. The Labute approximate surface area is 164 Å². The Kier molecular flexibility index (Phi) is 6.96. The van der Waals surface area contributed by atoms with Crippen LogP contribution in [0.25, 0.3) is 0 Å². The first kappa shape index (κ1) is 20.7. The predicted octanol–water partition coefficient (Wildman–Crippen LogP) is 1.87. The van der Waals surface area contributed by atoms with Crippen molar-refractivity contribution >= 4 is 17.5 Å². The number of amides is 2. The van der Waals surface area contributed by atoms with Gasteiger partial charge in [-0.15, -0.1) is 0 Å². The summed E-state index contributed by atoms with van der Waals surface area (Å²) in [6.45, 7) is 4.80. The summed E-state index contributed by atoms with van der Waals surface area (Å²) in [6, 6.07) is 2.83. The average Bonchev–Trinajstić information content (AvgIpc) is 3.23. The van der Waals surface area contributed by atoms with Crippen molar-refractivity contribution in [2.45, 2.75) is 44.7 Å². The smallest absolute Gasteiger partial charge is 0.241 e. The lowest BCUT2D eigenvalue weighted by Crippen LogP contribution is -2.50. The van der Waals surface area contributed by atoms with Gasteiger partial charge in [-0.1, -0.05) is 0 Å². The number of anilines is 1. The molecule has 0 spiro atoms. The lowest BCUT2D eigenvalue weighted by atomic mass is 9.96. The lowest BCUT2D eigenvalue weighted by molar-refractivity contribution is -0.124. The van der Waals surface area contributed by atoms with Crippen molar-refractivity contribution < 1.29 is 18.4 Å². The number of piperidine rings is 1. The van der Waals surface area contributed by atoms with Crippen LogP contribution in [0.3, 0.4) is 0 Å². The monoisotopic (exact) mass is 394 g/mol. The van der Waals surface area contributed by atoms with Crippen LogP contribution in [0, 0.1) is 17.6 Å². The van der Waals surface area contributed by atoms with E-state index in [9.17, 15) is 18.4 Å². The molecule has 3 N–H and O–H groups in total. The second-order valence-electron chi connectivity index (χ2n) is 7.69. The number of carbonyl (C=O) groups excluding carboxylic acids is 2. The van der Waals surface area contributed by atoms with E-state index in [0.717, 1.165) is 50.9 Å². The first-order chi connectivity index (χ1) is 13.4. The van der Waals surface area contributed by atoms with Crippen LogP contribution >= 0.6 is 0 Å². The number of halogens is 2. The van der Waals surface area contributed by atoms with Gasteiger partial charge in [-0.3, -0.25) is 14.5 Å². The summed E-state index contributed by atoms with van der Waals surface area (Å²) in [6.07, 6.45) is 3.86. The third kappa shape index (κ3) is 5.26. The molecular weight excluding hydrogens is 366 g/mol. The summed E-state index contributed by atoms with van der Waals surface area (Å²) in [7, 11) is 0. The Morgan fingerprint density at radius 3 is 2.79 bits per heavy atom. The molecule has 0 aromatic heterocycles. The van der Waals surface area contributed by atoms with E-state index in [2.05, 4.69) is 20.9 Å². The maximum atomic E-state index is 13.3. The van der Waals surface area contributed by atoms with Crippen LogP contribution in [0.2, 0.25) is 0 Å². The van der Waals surface area contributed by atoms with Crippen molar-refractivity contribution in [1.82, 2.24) is 15.5 Å². The van der Waals surface area contributed by atoms with E-state index in [-0.39, 0.29) is 29.5 Å². The van der Waals surface area contributed by atoms with Gasteiger partial charge in [0.1, 0.15) is 0 Å². The van der Waals surface area contributed by atoms with Gasteiger partial charge in [0.25, 0.3) is 0 Å². The van der Waals surface area contributed by atoms with Crippen LogP contribution in [0.5, 0.6) is 0 Å². The number of likely N-dealkylation sites (tertiary alicyclic amines) is 1. The van der Waals surface area contributed by atoms with Crippen LogP contribution in [0.1, 0.15) is 32.6 Å². The molecule has 3 rings (SSSR count). The summed E-state index contributed by atoms with van der Waals surface area (Å²) in [5.41, 5.74) is 0.237. The normalized spacial score (nSPS) is 24.0. The zero-order valence-corrected chi connectivity index (χ0v) is 16.1. The van der Waals surface area contributed by atoms with Gasteiger partial charge in [0.2, 0.25) is 11.8 Å². The molecular formula is C20H28F2N4O2. The fraction of sp³-hybridized carbons (Fsp3) is 0.600. The molecule has 1 aromatic rings. The Morgan fingerprint density at radius 1 is 1.25 bits per heavy atom. The van der Waals surface area contributed by atoms with Gasteiger partial charge in [0.15, 0.2) is 11.6 Å². The maximum absolute atomic E-state index is 13.3. The van der Waals surface area contributed by atoms with Gasteiger partial charge in [-0.25, -0.2) is 8.78 Å². The fourth-order valence-electron chi connectivity index (χ4n) is 3.88. The highest BCUT2D eigenvalue weighted by atomic mass is 19.2. The SMILES string of the molecule is CC(C(=O)Nc1ccc(F)c(F)c1)N1CCCC(CNC(=O)C2CCCN2)C1. The van der Waals surface area contributed by atoms with Gasteiger partial charge >= 0.3 is 0 Å². The van der Waals surface area contributed by atoms with E-state index < -0.39 is 17.7 Å². The molecule has 2 aliphatic rings. The molecule has 0 aliphatic carbocycles. The fourth-order valence-corrected chi connectivity index (χ4v) is 3.88. The summed E-state index contributed by atoms with van der Waals surface area (Å²) >= 11 is 0. The molecule has 2 fully saturated rings. The molecule has 6 nitrogen and oxygen atoms in total. The van der Waals surface area contributed by atoms with Crippen LogP contribution in [-0.2, 0) is 9.59 Å². The van der Waals surface area contributed by atoms with Crippen molar-refractivity contribution in [2.24, 2.45) is 5.92 Å². The molecule has 2 saturated heterocycles. The van der Waals surface area contributed by atoms with Gasteiger partial charge in [0, 0.05) is 24.8 Å². The first-order valence-corrected chi connectivity index (χ1v) is 9.95. The predicted molar refractivity (Wildman–Crippen MR) is 103 cm³/mol. The Balaban J connectivity index is 1.48. The third-order valence-corrected chi connectivity index (χ3v) is 5.61. The van der Waals surface area contributed by atoms with E-state index in [4.69, 9.17) is 0 Å². The molecule has 28 heavy (non-hydrogen) atoms. The number of benzene rings is 1. The molecule has 0 saturated carbocycles. The quantitative estimate of drug-likeness (QED) is 0.689. The highest BCUT2D eigenvalue weighted by Gasteiger charge is 2.29. The highest BCUT2D eigenvalue weighted by molar-refractivity contribution is 5.94. The molecule has 154 valence electrons. The standard InChI is InChI=1S/C20H28F2N4O2/c1-13(19(27)25-15-6-7-16(21)17(22)10-15)26-9-3-4-14(12-26)11-24-20(28)18-5-2-8-23-18/h6-7,10,13-14,18,23H,2-5,8-9,11-12H2,1H3,(H,24,28)(H,25,27). The summed E-state index contributed by atoms with van der Waals surface area (Å²) in [4.78, 5) is 26.7. The molecule has 2 amide bonds. The zero-order valence-electron chi connectivity index (χ0n) is 16.1. The van der Waals surface area contributed by atoms with Crippen molar-refractivity contribution in [3.05, 3.63) is 29.8 Å². The van der Waals surface area contributed by atoms with E-state index in [1.165, 1.54) is 6.07 Å². The molecule has 3 atom stereocenters. The van der Waals surface area contributed by atoms with E-state index >= 15 is 0 Å². The van der Waals surface area contributed by atoms with Gasteiger partial charge in [-0.05, 0) is 63.7 Å². The number of rotatable bonds is 6. The molecule has 1 aromatic carbocycles.